The Morgan fingerprint density at radius 3 is 2.66 bits per heavy atom. The zero-order valence-corrected chi connectivity index (χ0v) is 18.5. The number of carbonyl (C=O) groups excluding carboxylic acids is 2. The van der Waals surface area contributed by atoms with Crippen LogP contribution in [0.4, 0.5) is 5.69 Å². The van der Waals surface area contributed by atoms with E-state index in [1.165, 1.54) is 5.56 Å². The van der Waals surface area contributed by atoms with E-state index in [1.807, 2.05) is 28.0 Å². The number of methoxy groups -OCH3 is 1. The zero-order valence-electron chi connectivity index (χ0n) is 18.5. The molecular formula is C25H30N2O5. The summed E-state index contributed by atoms with van der Waals surface area (Å²) >= 11 is 0. The van der Waals surface area contributed by atoms with Gasteiger partial charge in [0.25, 0.3) is 5.91 Å². The van der Waals surface area contributed by atoms with Gasteiger partial charge < -0.3 is 24.4 Å². The van der Waals surface area contributed by atoms with Crippen LogP contribution in [-0.2, 0) is 11.2 Å². The summed E-state index contributed by atoms with van der Waals surface area (Å²) in [4.78, 5) is 29.8. The van der Waals surface area contributed by atoms with Crippen molar-refractivity contribution in [2.24, 2.45) is 0 Å². The fourth-order valence-corrected chi connectivity index (χ4v) is 4.52. The molecule has 2 aliphatic rings. The predicted molar refractivity (Wildman–Crippen MR) is 121 cm³/mol. The number of hydrogen-bond acceptors (Lipinski definition) is 5. The molecule has 0 aromatic heterocycles. The van der Waals surface area contributed by atoms with Crippen molar-refractivity contribution in [2.45, 2.75) is 38.1 Å². The highest BCUT2D eigenvalue weighted by molar-refractivity contribution is 5.98. The van der Waals surface area contributed by atoms with Crippen LogP contribution in [0.25, 0.3) is 0 Å². The number of fused-ring (bicyclic) bond motifs is 1. The van der Waals surface area contributed by atoms with E-state index >= 15 is 0 Å². The van der Waals surface area contributed by atoms with Crippen LogP contribution in [0.15, 0.2) is 42.5 Å². The molecule has 1 saturated heterocycles. The van der Waals surface area contributed by atoms with Crippen molar-refractivity contribution in [2.75, 3.05) is 38.3 Å². The lowest BCUT2D eigenvalue weighted by Crippen LogP contribution is -2.50. The summed E-state index contributed by atoms with van der Waals surface area (Å²) < 4.78 is 11.0. The average Bonchev–Trinajstić information content (AvgIpc) is 2.84. The average molecular weight is 439 g/mol. The van der Waals surface area contributed by atoms with Crippen LogP contribution in [0.5, 0.6) is 11.5 Å². The number of carbonyl (C=O) groups is 2. The molecule has 2 amide bonds. The highest BCUT2D eigenvalue weighted by Gasteiger charge is 2.34. The number of ether oxygens (including phenoxy) is 2. The van der Waals surface area contributed by atoms with Gasteiger partial charge in [0.05, 0.1) is 19.3 Å². The molecule has 0 unspecified atom stereocenters. The van der Waals surface area contributed by atoms with Gasteiger partial charge in [0, 0.05) is 50.3 Å². The fraction of sp³-hybridized carbons (Fsp3) is 0.440. The Balaban J connectivity index is 1.46. The van der Waals surface area contributed by atoms with E-state index in [1.54, 1.807) is 25.3 Å². The second-order valence-electron chi connectivity index (χ2n) is 8.20. The Bertz CT molecular complexity index is 969. The van der Waals surface area contributed by atoms with Gasteiger partial charge in [0.1, 0.15) is 11.5 Å². The van der Waals surface area contributed by atoms with E-state index < -0.39 is 0 Å². The molecule has 2 aromatic rings. The van der Waals surface area contributed by atoms with Crippen LogP contribution >= 0.6 is 0 Å². The molecule has 0 bridgehead atoms. The highest BCUT2D eigenvalue weighted by Crippen LogP contribution is 2.33. The number of hydrogen-bond donors (Lipinski definition) is 1. The Hall–Kier alpha value is -3.06. The van der Waals surface area contributed by atoms with Crippen LogP contribution < -0.4 is 14.4 Å². The molecule has 4 rings (SSSR count). The van der Waals surface area contributed by atoms with Gasteiger partial charge in [0.2, 0.25) is 5.91 Å². The quantitative estimate of drug-likeness (QED) is 0.673. The number of benzene rings is 2. The first-order valence-electron chi connectivity index (χ1n) is 11.2. The molecule has 1 N–H and O–H groups in total. The molecule has 7 heteroatoms. The molecule has 2 aliphatic heterocycles. The van der Waals surface area contributed by atoms with E-state index in [0.717, 1.165) is 24.9 Å². The maximum atomic E-state index is 13.3. The number of piperidine rings is 1. The van der Waals surface area contributed by atoms with Gasteiger partial charge in [-0.2, -0.15) is 0 Å². The predicted octanol–water partition coefficient (Wildman–Crippen LogP) is 3.04. The lowest BCUT2D eigenvalue weighted by atomic mass is 9.95. The second-order valence-corrected chi connectivity index (χ2v) is 8.20. The molecule has 1 fully saturated rings. The normalized spacial score (nSPS) is 16.6. The van der Waals surface area contributed by atoms with E-state index in [4.69, 9.17) is 14.6 Å². The van der Waals surface area contributed by atoms with Gasteiger partial charge in [-0.1, -0.05) is 18.2 Å². The molecule has 170 valence electrons. The fourth-order valence-electron chi connectivity index (χ4n) is 4.52. The number of aliphatic hydroxyl groups is 1. The number of amides is 2. The van der Waals surface area contributed by atoms with Crippen molar-refractivity contribution in [1.82, 2.24) is 4.90 Å². The topological polar surface area (TPSA) is 79.3 Å². The van der Waals surface area contributed by atoms with Crippen molar-refractivity contribution in [1.29, 1.82) is 0 Å². The summed E-state index contributed by atoms with van der Waals surface area (Å²) in [5.41, 5.74) is 2.72. The van der Waals surface area contributed by atoms with Crippen LogP contribution in [0, 0.1) is 0 Å². The summed E-state index contributed by atoms with van der Waals surface area (Å²) in [5.74, 6) is 1.16. The van der Waals surface area contributed by atoms with Gasteiger partial charge in [-0.3, -0.25) is 9.59 Å². The number of aliphatic hydroxyl groups excluding tert-OH is 1. The number of likely N-dealkylation sites (tertiary alicyclic amines) is 1. The molecule has 2 aromatic carbocycles. The molecule has 0 spiro atoms. The van der Waals surface area contributed by atoms with Crippen LogP contribution in [-0.4, -0.2) is 61.3 Å². The summed E-state index contributed by atoms with van der Waals surface area (Å²) in [6.07, 6.45) is 3.29. The molecule has 2 heterocycles. The second kappa shape index (κ2) is 10.0. The van der Waals surface area contributed by atoms with Crippen molar-refractivity contribution >= 4 is 17.5 Å². The van der Waals surface area contributed by atoms with Gasteiger partial charge in [-0.05, 0) is 43.0 Å². The molecule has 0 aliphatic carbocycles. The number of nitrogens with zero attached hydrogens (tertiary/aromatic N) is 2. The minimum atomic E-state index is -0.0875. The maximum absolute atomic E-state index is 13.3. The third-order valence-corrected chi connectivity index (χ3v) is 6.22. The van der Waals surface area contributed by atoms with Crippen LogP contribution in [0.1, 0.15) is 41.6 Å². The number of rotatable bonds is 7. The molecule has 0 radical (unpaired) electrons. The molecule has 7 nitrogen and oxygen atoms in total. The van der Waals surface area contributed by atoms with Crippen molar-refractivity contribution in [3.05, 3.63) is 53.6 Å². The lowest BCUT2D eigenvalue weighted by Gasteiger charge is -2.41. The Morgan fingerprint density at radius 2 is 1.91 bits per heavy atom. The molecular weight excluding hydrogens is 408 g/mol. The minimum absolute atomic E-state index is 0.0269. The SMILES string of the molecule is COc1ccc(C(=O)N2CCC(N3C(=O)CCc4ccccc43)CC2)c(OCCCO)c1. The summed E-state index contributed by atoms with van der Waals surface area (Å²) in [6.45, 7) is 1.51. The number of aryl methyl sites for hydroxylation is 1. The van der Waals surface area contributed by atoms with Gasteiger partial charge >= 0.3 is 0 Å². The molecule has 0 atom stereocenters. The third kappa shape index (κ3) is 4.58. The first kappa shape index (κ1) is 22.1. The van der Waals surface area contributed by atoms with E-state index in [0.29, 0.717) is 49.6 Å². The third-order valence-electron chi connectivity index (χ3n) is 6.22. The van der Waals surface area contributed by atoms with Gasteiger partial charge in [0.15, 0.2) is 0 Å². The van der Waals surface area contributed by atoms with E-state index in [2.05, 4.69) is 6.07 Å². The molecule has 32 heavy (non-hydrogen) atoms. The summed E-state index contributed by atoms with van der Waals surface area (Å²) in [7, 11) is 1.57. The van der Waals surface area contributed by atoms with Crippen molar-refractivity contribution in [3.8, 4) is 11.5 Å². The monoisotopic (exact) mass is 438 g/mol. The van der Waals surface area contributed by atoms with E-state index in [-0.39, 0.29) is 24.5 Å². The minimum Gasteiger partial charge on any atom is -0.497 e. The standard InChI is InChI=1S/C25H30N2O5/c1-31-20-8-9-21(23(17-20)32-16-4-15-28)25(30)26-13-11-19(12-14-26)27-22-6-3-2-5-18(22)7-10-24(27)29/h2-3,5-6,8-9,17,19,28H,4,7,10-16H2,1H3. The van der Waals surface area contributed by atoms with Crippen molar-refractivity contribution in [3.63, 3.8) is 0 Å². The number of para-hydroxylation sites is 1. The lowest BCUT2D eigenvalue weighted by molar-refractivity contribution is -0.119. The smallest absolute Gasteiger partial charge is 0.257 e. The zero-order chi connectivity index (χ0) is 22.5. The van der Waals surface area contributed by atoms with E-state index in [9.17, 15) is 9.59 Å². The first-order chi connectivity index (χ1) is 15.6. The Morgan fingerprint density at radius 1 is 1.12 bits per heavy atom. The Kier molecular flexibility index (Phi) is 6.95. The highest BCUT2D eigenvalue weighted by atomic mass is 16.5. The van der Waals surface area contributed by atoms with Gasteiger partial charge in [-0.15, -0.1) is 0 Å². The van der Waals surface area contributed by atoms with Crippen LogP contribution in [0.3, 0.4) is 0 Å². The van der Waals surface area contributed by atoms with Gasteiger partial charge in [-0.25, -0.2) is 0 Å². The Labute approximate surface area is 188 Å². The number of anilines is 1. The summed E-state index contributed by atoms with van der Waals surface area (Å²) in [5, 5.41) is 9.03. The van der Waals surface area contributed by atoms with Crippen molar-refractivity contribution < 1.29 is 24.2 Å². The maximum Gasteiger partial charge on any atom is 0.257 e. The molecule has 0 saturated carbocycles. The van der Waals surface area contributed by atoms with Crippen LogP contribution in [0.2, 0.25) is 0 Å². The largest absolute Gasteiger partial charge is 0.497 e. The summed E-state index contributed by atoms with van der Waals surface area (Å²) in [6, 6.07) is 13.4. The first-order valence-corrected chi connectivity index (χ1v) is 11.2.